The average molecular weight is 302 g/mol. The number of phenolic OH excluding ortho intramolecular Hbond substituents is 1. The zero-order valence-electron chi connectivity index (χ0n) is 11.7. The highest BCUT2D eigenvalue weighted by atomic mass is 35.5. The number of phenols is 1. The van der Waals surface area contributed by atoms with Crippen LogP contribution < -0.4 is 4.74 Å². The van der Waals surface area contributed by atoms with Crippen LogP contribution in [0.2, 0.25) is 5.02 Å². The fourth-order valence-electron chi connectivity index (χ4n) is 2.51. The van der Waals surface area contributed by atoms with E-state index in [9.17, 15) is 5.11 Å². The molecule has 3 rings (SSSR count). The predicted molar refractivity (Wildman–Crippen MR) is 85.1 cm³/mol. The quantitative estimate of drug-likeness (QED) is 0.764. The van der Waals surface area contributed by atoms with Gasteiger partial charge in [0.25, 0.3) is 0 Å². The second-order valence-corrected chi connectivity index (χ2v) is 5.24. The number of para-hydroxylation sites is 1. The van der Waals surface area contributed by atoms with E-state index < -0.39 is 0 Å². The van der Waals surface area contributed by atoms with Crippen LogP contribution in [0.1, 0.15) is 12.5 Å². The molecule has 21 heavy (non-hydrogen) atoms. The van der Waals surface area contributed by atoms with E-state index in [1.807, 2.05) is 36.5 Å². The highest BCUT2D eigenvalue weighted by Gasteiger charge is 2.12. The van der Waals surface area contributed by atoms with Gasteiger partial charge in [0.05, 0.1) is 10.5 Å². The minimum absolute atomic E-state index is 0.275. The number of halogens is 1. The van der Waals surface area contributed by atoms with Gasteiger partial charge in [-0.25, -0.2) is 0 Å². The molecule has 0 amide bonds. The molecule has 3 aromatic rings. The minimum atomic E-state index is 0.275. The molecule has 0 saturated heterocycles. The number of hydrogen-bond donors (Lipinski definition) is 1. The maximum absolute atomic E-state index is 10.1. The van der Waals surface area contributed by atoms with E-state index in [1.54, 1.807) is 12.1 Å². The summed E-state index contributed by atoms with van der Waals surface area (Å²) in [4.78, 5) is 0. The largest absolute Gasteiger partial charge is 0.507 e. The number of nitrogens with zero attached hydrogens (tertiary/aromatic N) is 1. The molecule has 2 aromatic carbocycles. The number of benzene rings is 2. The van der Waals surface area contributed by atoms with Crippen molar-refractivity contribution >= 4 is 22.5 Å². The molecule has 1 aromatic heterocycles. The lowest BCUT2D eigenvalue weighted by atomic mass is 10.1. The lowest BCUT2D eigenvalue weighted by Gasteiger charge is -2.07. The van der Waals surface area contributed by atoms with Crippen molar-refractivity contribution in [1.29, 1.82) is 0 Å². The van der Waals surface area contributed by atoms with E-state index in [0.29, 0.717) is 17.4 Å². The van der Waals surface area contributed by atoms with Gasteiger partial charge in [-0.2, -0.15) is 0 Å². The van der Waals surface area contributed by atoms with Crippen molar-refractivity contribution in [1.82, 2.24) is 4.57 Å². The van der Waals surface area contributed by atoms with E-state index in [4.69, 9.17) is 16.3 Å². The van der Waals surface area contributed by atoms with Crippen LogP contribution in [0.15, 0.2) is 48.7 Å². The summed E-state index contributed by atoms with van der Waals surface area (Å²) in [6.45, 7) is 3.28. The maximum atomic E-state index is 10.1. The molecule has 0 fully saturated rings. The minimum Gasteiger partial charge on any atom is -0.507 e. The topological polar surface area (TPSA) is 34.4 Å². The summed E-state index contributed by atoms with van der Waals surface area (Å²) in [7, 11) is 0. The molecule has 0 aliphatic rings. The number of rotatable bonds is 4. The van der Waals surface area contributed by atoms with Crippen LogP contribution in [-0.4, -0.2) is 9.67 Å². The van der Waals surface area contributed by atoms with Gasteiger partial charge in [-0.1, -0.05) is 29.8 Å². The Morgan fingerprint density at radius 1 is 1.14 bits per heavy atom. The van der Waals surface area contributed by atoms with E-state index in [2.05, 4.69) is 11.5 Å². The van der Waals surface area contributed by atoms with Gasteiger partial charge in [-0.15, -0.1) is 0 Å². The lowest BCUT2D eigenvalue weighted by Crippen LogP contribution is -1.95. The number of aryl methyl sites for hydroxylation is 1. The number of ether oxygens (including phenoxy) is 1. The SMILES string of the molecule is CCn1cc(COc2ccccc2Cl)c2c(O)cccc21. The first-order chi connectivity index (χ1) is 10.2. The standard InChI is InChI=1S/C17H16ClNO2/c1-2-19-10-12(17-14(19)7-5-8-15(17)20)11-21-16-9-4-3-6-13(16)18/h3-10,20H,2,11H2,1H3. The third kappa shape index (κ3) is 2.57. The molecular weight excluding hydrogens is 286 g/mol. The molecule has 0 aliphatic carbocycles. The van der Waals surface area contributed by atoms with E-state index in [1.165, 1.54) is 0 Å². The summed E-state index contributed by atoms with van der Waals surface area (Å²) >= 11 is 6.09. The van der Waals surface area contributed by atoms with Crippen LogP contribution in [0.5, 0.6) is 11.5 Å². The van der Waals surface area contributed by atoms with Gasteiger partial charge in [-0.05, 0) is 31.2 Å². The van der Waals surface area contributed by atoms with Crippen molar-refractivity contribution in [3.8, 4) is 11.5 Å². The molecule has 0 unspecified atom stereocenters. The van der Waals surface area contributed by atoms with E-state index in [-0.39, 0.29) is 5.75 Å². The van der Waals surface area contributed by atoms with Gasteiger partial charge in [0, 0.05) is 23.7 Å². The Bertz CT molecular complexity index is 780. The van der Waals surface area contributed by atoms with Gasteiger partial charge < -0.3 is 14.4 Å². The summed E-state index contributed by atoms with van der Waals surface area (Å²) in [6.07, 6.45) is 2.02. The van der Waals surface area contributed by atoms with Crippen molar-refractivity contribution in [3.63, 3.8) is 0 Å². The molecular formula is C17H16ClNO2. The third-order valence-corrected chi connectivity index (χ3v) is 3.84. The van der Waals surface area contributed by atoms with E-state index in [0.717, 1.165) is 23.0 Å². The Morgan fingerprint density at radius 2 is 1.95 bits per heavy atom. The number of aromatic hydroxyl groups is 1. The maximum Gasteiger partial charge on any atom is 0.138 e. The monoisotopic (exact) mass is 301 g/mol. The molecule has 0 saturated carbocycles. The summed E-state index contributed by atoms with van der Waals surface area (Å²) in [5.74, 6) is 0.921. The molecule has 0 atom stereocenters. The molecule has 108 valence electrons. The van der Waals surface area contributed by atoms with Crippen LogP contribution in [-0.2, 0) is 13.2 Å². The first-order valence-corrected chi connectivity index (χ1v) is 7.25. The fraction of sp³-hybridized carbons (Fsp3) is 0.176. The molecule has 0 bridgehead atoms. The normalized spacial score (nSPS) is 11.0. The Kier molecular flexibility index (Phi) is 3.76. The van der Waals surface area contributed by atoms with Crippen molar-refractivity contribution in [2.75, 3.05) is 0 Å². The second-order valence-electron chi connectivity index (χ2n) is 4.83. The lowest BCUT2D eigenvalue weighted by molar-refractivity contribution is 0.307. The van der Waals surface area contributed by atoms with Crippen molar-refractivity contribution in [2.24, 2.45) is 0 Å². The van der Waals surface area contributed by atoms with Crippen molar-refractivity contribution in [3.05, 3.63) is 59.2 Å². The Morgan fingerprint density at radius 3 is 2.71 bits per heavy atom. The first-order valence-electron chi connectivity index (χ1n) is 6.87. The molecule has 3 nitrogen and oxygen atoms in total. The summed E-state index contributed by atoms with van der Waals surface area (Å²) in [6, 6.07) is 12.9. The van der Waals surface area contributed by atoms with Crippen LogP contribution in [0.4, 0.5) is 0 Å². The second kappa shape index (κ2) is 5.70. The number of fused-ring (bicyclic) bond motifs is 1. The molecule has 0 aliphatic heterocycles. The average Bonchev–Trinajstić information content (AvgIpc) is 2.86. The highest BCUT2D eigenvalue weighted by molar-refractivity contribution is 6.32. The zero-order valence-corrected chi connectivity index (χ0v) is 12.5. The van der Waals surface area contributed by atoms with Crippen LogP contribution in [0.25, 0.3) is 10.9 Å². The number of hydrogen-bond acceptors (Lipinski definition) is 2. The smallest absolute Gasteiger partial charge is 0.138 e. The Labute approximate surface area is 128 Å². The summed E-state index contributed by atoms with van der Waals surface area (Å²) in [5, 5.41) is 11.5. The molecule has 0 radical (unpaired) electrons. The van der Waals surface area contributed by atoms with Gasteiger partial charge in [0.1, 0.15) is 18.1 Å². The van der Waals surface area contributed by atoms with Crippen molar-refractivity contribution < 1.29 is 9.84 Å². The fourth-order valence-corrected chi connectivity index (χ4v) is 2.70. The molecule has 1 N–H and O–H groups in total. The van der Waals surface area contributed by atoms with Crippen LogP contribution >= 0.6 is 11.6 Å². The Balaban J connectivity index is 1.96. The van der Waals surface area contributed by atoms with Gasteiger partial charge in [0.2, 0.25) is 0 Å². The highest BCUT2D eigenvalue weighted by Crippen LogP contribution is 2.31. The number of aromatic nitrogens is 1. The molecule has 1 heterocycles. The van der Waals surface area contributed by atoms with Gasteiger partial charge in [0.15, 0.2) is 0 Å². The van der Waals surface area contributed by atoms with Gasteiger partial charge in [-0.3, -0.25) is 0 Å². The van der Waals surface area contributed by atoms with Crippen LogP contribution in [0.3, 0.4) is 0 Å². The Hall–Kier alpha value is -2.13. The zero-order chi connectivity index (χ0) is 14.8. The van der Waals surface area contributed by atoms with Crippen molar-refractivity contribution in [2.45, 2.75) is 20.1 Å². The first kappa shape index (κ1) is 13.8. The molecule has 0 spiro atoms. The van der Waals surface area contributed by atoms with E-state index >= 15 is 0 Å². The summed E-state index contributed by atoms with van der Waals surface area (Å²) < 4.78 is 7.88. The molecule has 4 heteroatoms. The van der Waals surface area contributed by atoms with Gasteiger partial charge >= 0.3 is 0 Å². The summed E-state index contributed by atoms with van der Waals surface area (Å²) in [5.41, 5.74) is 1.96. The van der Waals surface area contributed by atoms with Crippen LogP contribution in [0, 0.1) is 0 Å². The third-order valence-electron chi connectivity index (χ3n) is 3.52. The predicted octanol–water partition coefficient (Wildman–Crippen LogP) is 4.60.